The van der Waals surface area contributed by atoms with Gasteiger partial charge in [-0.05, 0) is 38.0 Å². The molecular formula is C14H23BrN2O2S. The van der Waals surface area contributed by atoms with E-state index in [1.807, 2.05) is 13.8 Å². The summed E-state index contributed by atoms with van der Waals surface area (Å²) in [5.41, 5.74) is 6.16. The van der Waals surface area contributed by atoms with Crippen LogP contribution in [0.15, 0.2) is 27.6 Å². The molecule has 114 valence electrons. The number of sulfonamides is 1. The van der Waals surface area contributed by atoms with E-state index in [-0.39, 0.29) is 16.6 Å². The molecule has 0 aromatic heterocycles. The molecule has 0 radical (unpaired) electrons. The van der Waals surface area contributed by atoms with Gasteiger partial charge in [-0.3, -0.25) is 0 Å². The molecule has 1 aromatic carbocycles. The molecule has 20 heavy (non-hydrogen) atoms. The highest BCUT2D eigenvalue weighted by Gasteiger charge is 2.29. The van der Waals surface area contributed by atoms with Crippen LogP contribution in [0.3, 0.4) is 0 Å². The summed E-state index contributed by atoms with van der Waals surface area (Å²) < 4.78 is 27.9. The van der Waals surface area contributed by atoms with Crippen LogP contribution < -0.4 is 5.73 Å². The first kappa shape index (κ1) is 17.5. The van der Waals surface area contributed by atoms with E-state index >= 15 is 0 Å². The van der Waals surface area contributed by atoms with Crippen molar-refractivity contribution in [2.75, 3.05) is 12.3 Å². The summed E-state index contributed by atoms with van der Waals surface area (Å²) in [6, 6.07) is 4.87. The predicted octanol–water partition coefficient (Wildman–Crippen LogP) is 3.62. The molecule has 1 atom stereocenters. The molecule has 1 rings (SSSR count). The Labute approximate surface area is 130 Å². The lowest BCUT2D eigenvalue weighted by Gasteiger charge is -2.28. The lowest BCUT2D eigenvalue weighted by atomic mass is 10.2. The van der Waals surface area contributed by atoms with Gasteiger partial charge >= 0.3 is 0 Å². The molecule has 4 nitrogen and oxygen atoms in total. The lowest BCUT2D eigenvalue weighted by molar-refractivity contribution is 0.324. The first-order valence-electron chi connectivity index (χ1n) is 6.91. The molecule has 0 aliphatic rings. The van der Waals surface area contributed by atoms with Gasteiger partial charge in [0.25, 0.3) is 0 Å². The number of unbranched alkanes of at least 4 members (excludes halogenated alkanes) is 1. The first-order chi connectivity index (χ1) is 9.34. The molecule has 0 saturated carbocycles. The number of anilines is 1. The zero-order valence-electron chi connectivity index (χ0n) is 12.3. The minimum Gasteiger partial charge on any atom is -0.398 e. The first-order valence-corrected chi connectivity index (χ1v) is 9.14. The van der Waals surface area contributed by atoms with Crippen molar-refractivity contribution in [1.82, 2.24) is 4.31 Å². The van der Waals surface area contributed by atoms with Crippen LogP contribution in [-0.2, 0) is 10.0 Å². The Bertz CT molecular complexity index is 546. The van der Waals surface area contributed by atoms with Gasteiger partial charge < -0.3 is 5.73 Å². The van der Waals surface area contributed by atoms with Crippen LogP contribution in [0.4, 0.5) is 5.69 Å². The number of nitrogens with zero attached hydrogens (tertiary/aromatic N) is 1. The highest BCUT2D eigenvalue weighted by atomic mass is 79.9. The third-order valence-electron chi connectivity index (χ3n) is 3.37. The Balaban J connectivity index is 3.21. The standard InChI is InChI=1S/C14H23BrN2O2S/c1-4-6-9-17(11(3)5-2)20(18,19)14-8-7-12(15)10-13(14)16/h7-8,10-11H,4-6,9,16H2,1-3H3. The van der Waals surface area contributed by atoms with Crippen molar-refractivity contribution < 1.29 is 8.42 Å². The Morgan fingerprint density at radius 1 is 1.35 bits per heavy atom. The Hall–Kier alpha value is -0.590. The summed E-state index contributed by atoms with van der Waals surface area (Å²) in [6.45, 7) is 6.51. The van der Waals surface area contributed by atoms with Crippen molar-refractivity contribution in [3.8, 4) is 0 Å². The molecule has 0 amide bonds. The number of hydrogen-bond donors (Lipinski definition) is 1. The maximum Gasteiger partial charge on any atom is 0.245 e. The second-order valence-electron chi connectivity index (χ2n) is 4.91. The zero-order valence-corrected chi connectivity index (χ0v) is 14.7. The number of rotatable bonds is 7. The monoisotopic (exact) mass is 362 g/mol. The number of halogens is 1. The normalized spacial score (nSPS) is 13.7. The van der Waals surface area contributed by atoms with E-state index in [9.17, 15) is 8.42 Å². The van der Waals surface area contributed by atoms with Gasteiger partial charge in [0.15, 0.2) is 0 Å². The van der Waals surface area contributed by atoms with Crippen molar-refractivity contribution in [2.45, 2.75) is 51.0 Å². The third-order valence-corrected chi connectivity index (χ3v) is 5.95. The van der Waals surface area contributed by atoms with Gasteiger partial charge in [-0.2, -0.15) is 4.31 Å². The SMILES string of the molecule is CCCCN(C(C)CC)S(=O)(=O)c1ccc(Br)cc1N. The maximum atomic E-state index is 12.8. The summed E-state index contributed by atoms with van der Waals surface area (Å²) in [5, 5.41) is 0. The molecule has 2 N–H and O–H groups in total. The van der Waals surface area contributed by atoms with E-state index in [1.54, 1.807) is 22.5 Å². The van der Waals surface area contributed by atoms with Crippen molar-refractivity contribution >= 4 is 31.6 Å². The second kappa shape index (κ2) is 7.43. The molecule has 0 fully saturated rings. The van der Waals surface area contributed by atoms with Crippen LogP contribution in [-0.4, -0.2) is 25.3 Å². The smallest absolute Gasteiger partial charge is 0.245 e. The van der Waals surface area contributed by atoms with Crippen LogP contribution in [0.5, 0.6) is 0 Å². The van der Waals surface area contributed by atoms with Crippen LogP contribution in [0.2, 0.25) is 0 Å². The van der Waals surface area contributed by atoms with E-state index in [0.29, 0.717) is 6.54 Å². The summed E-state index contributed by atoms with van der Waals surface area (Å²) in [4.78, 5) is 0.192. The van der Waals surface area contributed by atoms with Crippen LogP contribution in [0, 0.1) is 0 Å². The maximum absolute atomic E-state index is 12.8. The molecule has 0 bridgehead atoms. The molecule has 1 aromatic rings. The fourth-order valence-corrected chi connectivity index (χ4v) is 4.20. The van der Waals surface area contributed by atoms with Crippen LogP contribution in [0.25, 0.3) is 0 Å². The third kappa shape index (κ3) is 3.96. The average molecular weight is 363 g/mol. The van der Waals surface area contributed by atoms with E-state index in [4.69, 9.17) is 5.73 Å². The second-order valence-corrected chi connectivity index (χ2v) is 7.68. The highest BCUT2D eigenvalue weighted by molar-refractivity contribution is 9.10. The summed E-state index contributed by atoms with van der Waals surface area (Å²) in [6.07, 6.45) is 2.58. The minimum absolute atomic E-state index is 0.0328. The number of nitrogen functional groups attached to an aromatic ring is 1. The van der Waals surface area contributed by atoms with Crippen LogP contribution >= 0.6 is 15.9 Å². The van der Waals surface area contributed by atoms with Gasteiger partial charge in [0.05, 0.1) is 5.69 Å². The largest absolute Gasteiger partial charge is 0.398 e. The number of nitrogens with two attached hydrogens (primary N) is 1. The molecule has 1 unspecified atom stereocenters. The Morgan fingerprint density at radius 2 is 2.00 bits per heavy atom. The lowest BCUT2D eigenvalue weighted by Crippen LogP contribution is -2.39. The summed E-state index contributed by atoms with van der Waals surface area (Å²) in [5.74, 6) is 0. The van der Waals surface area contributed by atoms with Gasteiger partial charge in [-0.15, -0.1) is 0 Å². The molecular weight excluding hydrogens is 340 g/mol. The van der Waals surface area contributed by atoms with Gasteiger partial charge in [0.2, 0.25) is 10.0 Å². The average Bonchev–Trinajstić information content (AvgIpc) is 2.38. The highest BCUT2D eigenvalue weighted by Crippen LogP contribution is 2.27. The Morgan fingerprint density at radius 3 is 2.50 bits per heavy atom. The van der Waals surface area contributed by atoms with Gasteiger partial charge in [-0.1, -0.05) is 36.2 Å². The fraction of sp³-hybridized carbons (Fsp3) is 0.571. The number of hydrogen-bond acceptors (Lipinski definition) is 3. The molecule has 0 heterocycles. The minimum atomic E-state index is -3.54. The van der Waals surface area contributed by atoms with Gasteiger partial charge in [-0.25, -0.2) is 8.42 Å². The molecule has 0 saturated heterocycles. The van der Waals surface area contributed by atoms with E-state index < -0.39 is 10.0 Å². The summed E-state index contributed by atoms with van der Waals surface area (Å²) >= 11 is 3.30. The van der Waals surface area contributed by atoms with E-state index in [1.165, 1.54) is 0 Å². The van der Waals surface area contributed by atoms with Crippen LogP contribution in [0.1, 0.15) is 40.0 Å². The molecule has 0 aliphatic carbocycles. The zero-order chi connectivity index (χ0) is 15.3. The van der Waals surface area contributed by atoms with E-state index in [0.717, 1.165) is 23.7 Å². The topological polar surface area (TPSA) is 63.4 Å². The van der Waals surface area contributed by atoms with Crippen molar-refractivity contribution in [3.63, 3.8) is 0 Å². The van der Waals surface area contributed by atoms with E-state index in [2.05, 4.69) is 22.9 Å². The van der Waals surface area contributed by atoms with Gasteiger partial charge in [0.1, 0.15) is 4.90 Å². The van der Waals surface area contributed by atoms with Gasteiger partial charge in [0, 0.05) is 17.1 Å². The molecule has 6 heteroatoms. The quantitative estimate of drug-likeness (QED) is 0.753. The van der Waals surface area contributed by atoms with Crippen molar-refractivity contribution in [1.29, 1.82) is 0 Å². The van der Waals surface area contributed by atoms with Crippen molar-refractivity contribution in [3.05, 3.63) is 22.7 Å². The van der Waals surface area contributed by atoms with Crippen molar-refractivity contribution in [2.24, 2.45) is 0 Å². The fourth-order valence-electron chi connectivity index (χ4n) is 1.98. The predicted molar refractivity (Wildman–Crippen MR) is 87.1 cm³/mol. The molecule has 0 spiro atoms. The Kier molecular flexibility index (Phi) is 6.48. The summed E-state index contributed by atoms with van der Waals surface area (Å²) in [7, 11) is -3.54. The number of benzene rings is 1. The molecule has 0 aliphatic heterocycles.